The van der Waals surface area contributed by atoms with E-state index in [1.807, 2.05) is 17.5 Å². The molecule has 5 nitrogen and oxygen atoms in total. The Hall–Kier alpha value is -2.48. The number of carbonyl (C=O) groups excluding carboxylic acids is 2. The maximum atomic E-state index is 13.7. The molecule has 0 radical (unpaired) electrons. The largest absolute Gasteiger partial charge is 0.465 e. The molecule has 0 fully saturated rings. The van der Waals surface area contributed by atoms with Crippen LogP contribution in [0.25, 0.3) is 0 Å². The van der Waals surface area contributed by atoms with Crippen LogP contribution in [0.3, 0.4) is 0 Å². The number of nitrogens with one attached hydrogen (secondary N) is 2. The van der Waals surface area contributed by atoms with E-state index in [2.05, 4.69) is 15.4 Å². The number of anilines is 1. The van der Waals surface area contributed by atoms with Crippen LogP contribution in [0.15, 0.2) is 29.6 Å². The van der Waals surface area contributed by atoms with E-state index in [0.29, 0.717) is 12.6 Å². The summed E-state index contributed by atoms with van der Waals surface area (Å²) >= 11 is 1.50. The van der Waals surface area contributed by atoms with Crippen molar-refractivity contribution in [2.24, 2.45) is 0 Å². The predicted molar refractivity (Wildman–Crippen MR) is 82.4 cm³/mol. The highest BCUT2D eigenvalue weighted by Gasteiger charge is 2.17. The lowest BCUT2D eigenvalue weighted by molar-refractivity contribution is -0.119. The number of thiophene rings is 1. The van der Waals surface area contributed by atoms with Crippen LogP contribution in [0.5, 0.6) is 0 Å². The average Bonchev–Trinajstić information content (AvgIpc) is 3.04. The zero-order chi connectivity index (χ0) is 16.8. The molecule has 0 bridgehead atoms. The third kappa shape index (κ3) is 4.49. The van der Waals surface area contributed by atoms with Gasteiger partial charge >= 0.3 is 5.97 Å². The Bertz CT molecular complexity index is 705. The van der Waals surface area contributed by atoms with E-state index in [-0.39, 0.29) is 18.1 Å². The maximum absolute atomic E-state index is 13.7. The summed E-state index contributed by atoms with van der Waals surface area (Å²) in [6, 6.07) is 5.29. The number of methoxy groups -OCH3 is 1. The molecule has 0 aliphatic carbocycles. The van der Waals surface area contributed by atoms with Crippen molar-refractivity contribution >= 4 is 28.9 Å². The molecular formula is C15H14F2N2O3S. The van der Waals surface area contributed by atoms with Gasteiger partial charge in [-0.15, -0.1) is 11.3 Å². The normalized spacial score (nSPS) is 10.2. The SMILES string of the molecule is COC(=O)c1cc(NCC(=O)NCc2cccs2)c(F)cc1F. The molecule has 1 aromatic heterocycles. The first-order chi connectivity index (χ1) is 11.0. The Morgan fingerprint density at radius 3 is 2.70 bits per heavy atom. The Morgan fingerprint density at radius 2 is 2.04 bits per heavy atom. The van der Waals surface area contributed by atoms with Crippen molar-refractivity contribution in [2.75, 3.05) is 19.0 Å². The average molecular weight is 340 g/mol. The second kappa shape index (κ2) is 7.68. The van der Waals surface area contributed by atoms with Crippen molar-refractivity contribution in [1.82, 2.24) is 5.32 Å². The van der Waals surface area contributed by atoms with Crippen LogP contribution >= 0.6 is 11.3 Å². The van der Waals surface area contributed by atoms with Crippen LogP contribution in [-0.2, 0) is 16.1 Å². The molecule has 0 aliphatic heterocycles. The Labute approximate surface area is 135 Å². The minimum absolute atomic E-state index is 0.155. The summed E-state index contributed by atoms with van der Waals surface area (Å²) in [6.07, 6.45) is 0. The van der Waals surface area contributed by atoms with Crippen molar-refractivity contribution in [3.05, 3.63) is 51.7 Å². The second-order valence-electron chi connectivity index (χ2n) is 4.51. The summed E-state index contributed by atoms with van der Waals surface area (Å²) < 4.78 is 31.6. The zero-order valence-corrected chi connectivity index (χ0v) is 13.0. The molecule has 0 spiro atoms. The highest BCUT2D eigenvalue weighted by atomic mass is 32.1. The summed E-state index contributed by atoms with van der Waals surface area (Å²) in [5, 5.41) is 7.08. The lowest BCUT2D eigenvalue weighted by atomic mass is 10.1. The topological polar surface area (TPSA) is 67.4 Å². The number of carbonyl (C=O) groups is 2. The molecule has 0 saturated carbocycles. The molecule has 0 saturated heterocycles. The van der Waals surface area contributed by atoms with E-state index in [4.69, 9.17) is 0 Å². The van der Waals surface area contributed by atoms with Gasteiger partial charge in [0.25, 0.3) is 0 Å². The summed E-state index contributed by atoms with van der Waals surface area (Å²) in [6.45, 7) is 0.159. The van der Waals surface area contributed by atoms with E-state index < -0.39 is 23.2 Å². The van der Waals surface area contributed by atoms with Crippen molar-refractivity contribution in [2.45, 2.75) is 6.54 Å². The zero-order valence-electron chi connectivity index (χ0n) is 12.2. The fraction of sp³-hybridized carbons (Fsp3) is 0.200. The number of rotatable bonds is 6. The molecule has 2 N–H and O–H groups in total. The van der Waals surface area contributed by atoms with Gasteiger partial charge < -0.3 is 15.4 Å². The summed E-state index contributed by atoms with van der Waals surface area (Å²) in [5.41, 5.74) is -0.562. The third-order valence-corrected chi connectivity index (χ3v) is 3.82. The maximum Gasteiger partial charge on any atom is 0.340 e. The highest BCUT2D eigenvalue weighted by molar-refractivity contribution is 7.09. The third-order valence-electron chi connectivity index (χ3n) is 2.94. The van der Waals surface area contributed by atoms with E-state index in [9.17, 15) is 18.4 Å². The standard InChI is InChI=1S/C15H14F2N2O3S/c1-22-15(21)10-5-13(12(17)6-11(10)16)18-8-14(20)19-7-9-3-2-4-23-9/h2-6,18H,7-8H2,1H3,(H,19,20). The number of ether oxygens (including phenoxy) is 1. The van der Waals surface area contributed by atoms with Gasteiger partial charge in [-0.2, -0.15) is 0 Å². The lowest BCUT2D eigenvalue weighted by Crippen LogP contribution is -2.29. The van der Waals surface area contributed by atoms with Gasteiger partial charge in [-0.3, -0.25) is 4.79 Å². The Balaban J connectivity index is 1.96. The van der Waals surface area contributed by atoms with Crippen LogP contribution < -0.4 is 10.6 Å². The number of esters is 1. The van der Waals surface area contributed by atoms with Crippen LogP contribution in [0, 0.1) is 11.6 Å². The van der Waals surface area contributed by atoms with Crippen molar-refractivity contribution < 1.29 is 23.1 Å². The van der Waals surface area contributed by atoms with Crippen LogP contribution in [-0.4, -0.2) is 25.5 Å². The summed E-state index contributed by atoms with van der Waals surface area (Å²) in [7, 11) is 1.09. The molecule has 1 heterocycles. The number of hydrogen-bond donors (Lipinski definition) is 2. The number of benzene rings is 1. The van der Waals surface area contributed by atoms with E-state index in [1.165, 1.54) is 11.3 Å². The van der Waals surface area contributed by atoms with Gasteiger partial charge in [0.2, 0.25) is 5.91 Å². The van der Waals surface area contributed by atoms with E-state index in [0.717, 1.165) is 18.1 Å². The van der Waals surface area contributed by atoms with Gasteiger partial charge in [0.05, 0.1) is 31.5 Å². The Kier molecular flexibility index (Phi) is 5.64. The van der Waals surface area contributed by atoms with E-state index >= 15 is 0 Å². The second-order valence-corrected chi connectivity index (χ2v) is 5.55. The monoisotopic (exact) mass is 340 g/mol. The highest BCUT2D eigenvalue weighted by Crippen LogP contribution is 2.20. The van der Waals surface area contributed by atoms with Crippen molar-refractivity contribution in [1.29, 1.82) is 0 Å². The molecule has 23 heavy (non-hydrogen) atoms. The van der Waals surface area contributed by atoms with Crippen molar-refractivity contribution in [3.63, 3.8) is 0 Å². The first kappa shape index (κ1) is 16.9. The molecule has 0 atom stereocenters. The van der Waals surface area contributed by atoms with Gasteiger partial charge in [0.1, 0.15) is 11.6 Å². The number of halogens is 2. The predicted octanol–water partition coefficient (Wildman–Crippen LogP) is 2.54. The smallest absolute Gasteiger partial charge is 0.340 e. The van der Waals surface area contributed by atoms with Crippen LogP contribution in [0.1, 0.15) is 15.2 Å². The Morgan fingerprint density at radius 1 is 1.26 bits per heavy atom. The van der Waals surface area contributed by atoms with Gasteiger partial charge in [0.15, 0.2) is 0 Å². The first-order valence-electron chi connectivity index (χ1n) is 6.61. The van der Waals surface area contributed by atoms with Crippen LogP contribution in [0.4, 0.5) is 14.5 Å². The van der Waals surface area contributed by atoms with Gasteiger partial charge in [0, 0.05) is 10.9 Å². The van der Waals surface area contributed by atoms with Crippen molar-refractivity contribution in [3.8, 4) is 0 Å². The quantitative estimate of drug-likeness (QED) is 0.793. The molecule has 0 aliphatic rings. The molecule has 122 valence electrons. The van der Waals surface area contributed by atoms with Gasteiger partial charge in [-0.05, 0) is 17.5 Å². The fourth-order valence-electron chi connectivity index (χ4n) is 1.79. The molecule has 2 rings (SSSR count). The molecule has 2 aromatic rings. The van der Waals surface area contributed by atoms with Gasteiger partial charge in [-0.25, -0.2) is 13.6 Å². The number of amides is 1. The molecular weight excluding hydrogens is 326 g/mol. The molecule has 1 amide bonds. The molecule has 0 unspecified atom stereocenters. The lowest BCUT2D eigenvalue weighted by Gasteiger charge is -2.10. The minimum Gasteiger partial charge on any atom is -0.465 e. The van der Waals surface area contributed by atoms with E-state index in [1.54, 1.807) is 0 Å². The summed E-state index contributed by atoms with van der Waals surface area (Å²) in [4.78, 5) is 24.1. The van der Waals surface area contributed by atoms with Gasteiger partial charge in [-0.1, -0.05) is 6.07 Å². The van der Waals surface area contributed by atoms with Crippen LogP contribution in [0.2, 0.25) is 0 Å². The first-order valence-corrected chi connectivity index (χ1v) is 7.49. The minimum atomic E-state index is -1.03. The molecule has 1 aromatic carbocycles. The number of hydrogen-bond acceptors (Lipinski definition) is 5. The summed E-state index contributed by atoms with van der Waals surface area (Å²) in [5.74, 6) is -3.21. The fourth-order valence-corrected chi connectivity index (χ4v) is 2.43. The molecule has 8 heteroatoms.